The van der Waals surface area contributed by atoms with Gasteiger partial charge in [-0.1, -0.05) is 47.5 Å². The van der Waals surface area contributed by atoms with E-state index in [4.69, 9.17) is 9.47 Å². The van der Waals surface area contributed by atoms with Gasteiger partial charge >= 0.3 is 11.9 Å². The van der Waals surface area contributed by atoms with Gasteiger partial charge < -0.3 is 25.0 Å². The molecule has 0 spiro atoms. The van der Waals surface area contributed by atoms with Gasteiger partial charge in [0.15, 0.2) is 6.10 Å². The number of esters is 2. The first-order valence-electron chi connectivity index (χ1n) is 18.1. The SMILES string of the molecule is CCCCN1CCCC[C@@H]1C(=O)N[C@H](C(=O)N(C)C(C[C@@H](OC(C)=O)c1nc(C(=O)N[C@H]2CC[C@H](C(=O)OC)CC2)cs1)C(C)C)C(C)C. The molecule has 4 atom stereocenters. The van der Waals surface area contributed by atoms with Crippen LogP contribution < -0.4 is 10.6 Å². The Hall–Kier alpha value is -3.06. The summed E-state index contributed by atoms with van der Waals surface area (Å²) in [7, 11) is 3.13. The predicted octanol–water partition coefficient (Wildman–Crippen LogP) is 4.88. The van der Waals surface area contributed by atoms with Crippen LogP contribution in [0.25, 0.3) is 0 Å². The summed E-state index contributed by atoms with van der Waals surface area (Å²) in [6.07, 6.45) is 7.09. The Morgan fingerprint density at radius 1 is 1.04 bits per heavy atom. The Bertz CT molecular complexity index is 1260. The lowest BCUT2D eigenvalue weighted by atomic mass is 9.86. The zero-order valence-electron chi connectivity index (χ0n) is 30.8. The molecule has 3 amide bonds. The van der Waals surface area contributed by atoms with Crippen molar-refractivity contribution in [2.45, 2.75) is 136 Å². The summed E-state index contributed by atoms with van der Waals surface area (Å²) < 4.78 is 10.6. The number of carbonyl (C=O) groups excluding carboxylic acids is 5. The molecule has 0 aromatic carbocycles. The van der Waals surface area contributed by atoms with Crippen LogP contribution in [0, 0.1) is 17.8 Å². The first-order chi connectivity index (χ1) is 23.3. The molecule has 2 fully saturated rings. The van der Waals surface area contributed by atoms with Gasteiger partial charge in [0.25, 0.3) is 5.91 Å². The normalized spacial score (nSPS) is 21.8. The molecule has 1 aliphatic heterocycles. The van der Waals surface area contributed by atoms with Gasteiger partial charge in [-0.2, -0.15) is 0 Å². The number of amides is 3. The summed E-state index contributed by atoms with van der Waals surface area (Å²) in [6, 6.07) is -1.37. The molecule has 2 N–H and O–H groups in total. The molecule has 1 saturated carbocycles. The lowest BCUT2D eigenvalue weighted by Gasteiger charge is -2.38. The summed E-state index contributed by atoms with van der Waals surface area (Å²) in [5, 5.41) is 8.26. The minimum atomic E-state index is -0.774. The van der Waals surface area contributed by atoms with Crippen molar-refractivity contribution in [3.63, 3.8) is 0 Å². The van der Waals surface area contributed by atoms with E-state index < -0.39 is 18.1 Å². The van der Waals surface area contributed by atoms with E-state index in [0.29, 0.717) is 30.7 Å². The predicted molar refractivity (Wildman–Crippen MR) is 189 cm³/mol. The largest absolute Gasteiger partial charge is 0.469 e. The van der Waals surface area contributed by atoms with Crippen LogP contribution in [0.3, 0.4) is 0 Å². The number of thiazole rings is 1. The smallest absolute Gasteiger partial charge is 0.308 e. The molecule has 49 heavy (non-hydrogen) atoms. The molecule has 1 aromatic heterocycles. The zero-order valence-corrected chi connectivity index (χ0v) is 31.6. The third kappa shape index (κ3) is 11.5. The van der Waals surface area contributed by atoms with E-state index in [9.17, 15) is 24.0 Å². The fourth-order valence-electron chi connectivity index (χ4n) is 7.00. The van der Waals surface area contributed by atoms with Gasteiger partial charge in [-0.15, -0.1) is 11.3 Å². The number of likely N-dealkylation sites (tertiary alicyclic amines) is 1. The molecule has 12 nitrogen and oxygen atoms in total. The number of nitrogens with zero attached hydrogens (tertiary/aromatic N) is 3. The van der Waals surface area contributed by atoms with E-state index in [1.165, 1.54) is 25.4 Å². The number of rotatable bonds is 16. The molecule has 276 valence electrons. The van der Waals surface area contributed by atoms with Crippen molar-refractivity contribution in [2.24, 2.45) is 17.8 Å². The molecule has 1 aliphatic carbocycles. The van der Waals surface area contributed by atoms with Crippen LogP contribution in [0.2, 0.25) is 0 Å². The molecular weight excluding hydrogens is 646 g/mol. The first-order valence-corrected chi connectivity index (χ1v) is 19.0. The summed E-state index contributed by atoms with van der Waals surface area (Å²) in [5.41, 5.74) is 0.232. The lowest BCUT2D eigenvalue weighted by molar-refractivity contribution is -0.149. The van der Waals surface area contributed by atoms with E-state index in [0.717, 1.165) is 45.2 Å². The lowest BCUT2D eigenvalue weighted by Crippen LogP contribution is -2.58. The highest BCUT2D eigenvalue weighted by Crippen LogP contribution is 2.31. The van der Waals surface area contributed by atoms with Crippen molar-refractivity contribution in [3.05, 3.63) is 16.1 Å². The van der Waals surface area contributed by atoms with Gasteiger partial charge in [-0.25, -0.2) is 4.98 Å². The second-order valence-electron chi connectivity index (χ2n) is 14.3. The molecule has 1 saturated heterocycles. The highest BCUT2D eigenvalue weighted by molar-refractivity contribution is 7.09. The standard InChI is InChI=1S/C36H59N5O7S/c1-9-10-18-41-19-12-11-13-28(41)33(44)39-31(23(4)5)35(45)40(7)29(22(2)3)20-30(48-24(6)42)34-38-27(21-49-34)32(43)37-26-16-14-25(15-17-26)36(46)47-8/h21-23,25-26,28-31H,9-20H2,1-8H3,(H,37,43)(H,39,44)/t25-,26-,28-,29?,30-,31+/m1/s1. The summed E-state index contributed by atoms with van der Waals surface area (Å²) in [4.78, 5) is 73.5. The van der Waals surface area contributed by atoms with Gasteiger partial charge in [0.1, 0.15) is 16.7 Å². The van der Waals surface area contributed by atoms with Crippen LogP contribution in [0.5, 0.6) is 0 Å². The number of nitrogens with one attached hydrogen (secondary N) is 2. The van der Waals surface area contributed by atoms with Crippen LogP contribution >= 0.6 is 11.3 Å². The molecule has 3 rings (SSSR count). The number of hydrogen-bond donors (Lipinski definition) is 2. The van der Waals surface area contributed by atoms with E-state index in [-0.39, 0.29) is 71.7 Å². The van der Waals surface area contributed by atoms with Gasteiger partial charge in [0.2, 0.25) is 11.8 Å². The fourth-order valence-corrected chi connectivity index (χ4v) is 7.84. The van der Waals surface area contributed by atoms with E-state index >= 15 is 0 Å². The summed E-state index contributed by atoms with van der Waals surface area (Å²) in [6.45, 7) is 13.1. The minimum Gasteiger partial charge on any atom is -0.469 e. The third-order valence-electron chi connectivity index (χ3n) is 9.95. The zero-order chi connectivity index (χ0) is 36.2. The van der Waals surface area contributed by atoms with E-state index in [1.54, 1.807) is 17.3 Å². The van der Waals surface area contributed by atoms with Crippen LogP contribution in [0.4, 0.5) is 0 Å². The molecular formula is C36H59N5O7S. The molecule has 13 heteroatoms. The Balaban J connectivity index is 1.71. The topological polar surface area (TPSA) is 147 Å². The van der Waals surface area contributed by atoms with Crippen molar-refractivity contribution in [3.8, 4) is 0 Å². The molecule has 2 heterocycles. The van der Waals surface area contributed by atoms with E-state index in [1.807, 2.05) is 27.7 Å². The second kappa shape index (κ2) is 19.4. The molecule has 0 bridgehead atoms. The van der Waals surface area contributed by atoms with Crippen LogP contribution in [-0.4, -0.2) is 95.9 Å². The van der Waals surface area contributed by atoms with Gasteiger partial charge in [-0.05, 0) is 69.9 Å². The van der Waals surface area contributed by atoms with Crippen molar-refractivity contribution in [1.82, 2.24) is 25.4 Å². The van der Waals surface area contributed by atoms with Crippen molar-refractivity contribution >= 4 is 41.0 Å². The van der Waals surface area contributed by atoms with E-state index in [2.05, 4.69) is 27.4 Å². The maximum absolute atomic E-state index is 14.1. The van der Waals surface area contributed by atoms with Crippen LogP contribution in [0.15, 0.2) is 5.38 Å². The Labute approximate surface area is 296 Å². The van der Waals surface area contributed by atoms with Crippen molar-refractivity contribution < 1.29 is 33.4 Å². The maximum Gasteiger partial charge on any atom is 0.308 e. The van der Waals surface area contributed by atoms with Crippen LogP contribution in [0.1, 0.15) is 127 Å². The highest BCUT2D eigenvalue weighted by atomic mass is 32.1. The van der Waals surface area contributed by atoms with Gasteiger partial charge in [0.05, 0.1) is 19.1 Å². The number of methoxy groups -OCH3 is 1. The molecule has 1 aromatic rings. The quantitative estimate of drug-likeness (QED) is 0.230. The number of hydrogen-bond acceptors (Lipinski definition) is 10. The number of aromatic nitrogens is 1. The minimum absolute atomic E-state index is 0.0127. The molecule has 2 aliphatic rings. The average Bonchev–Trinajstić information content (AvgIpc) is 3.57. The Morgan fingerprint density at radius 2 is 1.73 bits per heavy atom. The van der Waals surface area contributed by atoms with Gasteiger partial charge in [-0.3, -0.25) is 28.9 Å². The molecule has 1 unspecified atom stereocenters. The number of piperidine rings is 1. The average molecular weight is 706 g/mol. The second-order valence-corrected chi connectivity index (χ2v) is 15.2. The van der Waals surface area contributed by atoms with Gasteiger partial charge in [0, 0.05) is 37.9 Å². The van der Waals surface area contributed by atoms with Crippen LogP contribution in [-0.2, 0) is 28.7 Å². The number of unbranched alkanes of at least 4 members (excludes halogenated alkanes) is 1. The highest BCUT2D eigenvalue weighted by Gasteiger charge is 2.37. The summed E-state index contributed by atoms with van der Waals surface area (Å²) in [5.74, 6) is -1.60. The monoisotopic (exact) mass is 705 g/mol. The number of likely N-dealkylation sites (N-methyl/N-ethyl adjacent to an activating group) is 1. The maximum atomic E-state index is 14.1. The third-order valence-corrected chi connectivity index (χ3v) is 10.9. The Morgan fingerprint density at radius 3 is 2.33 bits per heavy atom. The number of ether oxygens (including phenoxy) is 2. The Kier molecular flexibility index (Phi) is 16.0. The number of carbonyl (C=O) groups is 5. The fraction of sp³-hybridized carbons (Fsp3) is 0.778. The molecule has 0 radical (unpaired) electrons. The summed E-state index contributed by atoms with van der Waals surface area (Å²) >= 11 is 1.24. The first kappa shape index (κ1) is 40.4. The van der Waals surface area contributed by atoms with Crippen molar-refractivity contribution in [1.29, 1.82) is 0 Å². The van der Waals surface area contributed by atoms with Crippen molar-refractivity contribution in [2.75, 3.05) is 27.2 Å².